The third kappa shape index (κ3) is 5.04. The quantitative estimate of drug-likeness (QED) is 0.418. The molecule has 2 aromatic heterocycles. The van der Waals surface area contributed by atoms with Crippen molar-refractivity contribution >= 4 is 24.3 Å². The van der Waals surface area contributed by atoms with E-state index in [1.165, 1.54) is 14.2 Å². The lowest BCUT2D eigenvalue weighted by Crippen LogP contribution is -2.01. The molecule has 0 radical (unpaired) electrons. The summed E-state index contributed by atoms with van der Waals surface area (Å²) in [6.07, 6.45) is 9.33. The van der Waals surface area contributed by atoms with E-state index in [1.54, 1.807) is 47.3 Å². The van der Waals surface area contributed by atoms with Crippen molar-refractivity contribution in [3.8, 4) is 28.8 Å². The first kappa shape index (κ1) is 21.7. The number of rotatable bonds is 7. The fraction of sp³-hybridized carbons (Fsp3) is 0.0769. The third-order valence-electron chi connectivity index (χ3n) is 4.92. The van der Waals surface area contributed by atoms with E-state index in [9.17, 15) is 10.2 Å². The van der Waals surface area contributed by atoms with Crippen LogP contribution < -0.4 is 9.47 Å². The molecule has 0 aliphatic heterocycles. The topological polar surface area (TPSA) is 89.6 Å². The zero-order chi connectivity index (χ0) is 23.2. The van der Waals surface area contributed by atoms with Crippen LogP contribution in [0, 0.1) is 0 Å². The highest BCUT2D eigenvalue weighted by molar-refractivity contribution is 5.74. The molecule has 2 N–H and O–H groups in total. The van der Waals surface area contributed by atoms with Crippen molar-refractivity contribution < 1.29 is 19.7 Å². The first-order valence-corrected chi connectivity index (χ1v) is 10.2. The Balaban J connectivity index is 1.68. The van der Waals surface area contributed by atoms with Crippen LogP contribution in [0.3, 0.4) is 0 Å². The van der Waals surface area contributed by atoms with E-state index < -0.39 is 0 Å². The number of phenols is 2. The minimum Gasteiger partial charge on any atom is -0.504 e. The van der Waals surface area contributed by atoms with Gasteiger partial charge in [0.25, 0.3) is 0 Å². The Labute approximate surface area is 191 Å². The third-order valence-corrected chi connectivity index (χ3v) is 4.92. The lowest BCUT2D eigenvalue weighted by molar-refractivity contribution is 0.373. The molecule has 33 heavy (non-hydrogen) atoms. The Kier molecular flexibility index (Phi) is 6.40. The van der Waals surface area contributed by atoms with Crippen LogP contribution in [0.5, 0.6) is 23.0 Å². The molecular weight excluding hydrogens is 418 g/mol. The SMILES string of the molecule is COc1cc(/C=C/c2cc(/C=C/c3ccc(O)c(OC)c3)n(-c3ccccn3)n2)ccc1O. The summed E-state index contributed by atoms with van der Waals surface area (Å²) in [5, 5.41) is 24.3. The van der Waals surface area contributed by atoms with Crippen molar-refractivity contribution in [1.29, 1.82) is 0 Å². The second-order valence-electron chi connectivity index (χ2n) is 7.12. The molecule has 7 heteroatoms. The predicted molar refractivity (Wildman–Crippen MR) is 129 cm³/mol. The van der Waals surface area contributed by atoms with Gasteiger partial charge >= 0.3 is 0 Å². The summed E-state index contributed by atoms with van der Waals surface area (Å²) in [6.45, 7) is 0. The average molecular weight is 441 g/mol. The zero-order valence-electron chi connectivity index (χ0n) is 18.2. The van der Waals surface area contributed by atoms with Crippen molar-refractivity contribution in [3.63, 3.8) is 0 Å². The van der Waals surface area contributed by atoms with Crippen molar-refractivity contribution in [3.05, 3.63) is 89.4 Å². The minimum atomic E-state index is 0.0893. The molecule has 0 aliphatic carbocycles. The largest absolute Gasteiger partial charge is 0.504 e. The predicted octanol–water partition coefficient (Wildman–Crippen LogP) is 5.04. The first-order valence-electron chi connectivity index (χ1n) is 10.2. The van der Waals surface area contributed by atoms with E-state index in [4.69, 9.17) is 9.47 Å². The summed E-state index contributed by atoms with van der Waals surface area (Å²) in [6, 6.07) is 17.9. The highest BCUT2D eigenvalue weighted by Crippen LogP contribution is 2.28. The van der Waals surface area contributed by atoms with Crippen LogP contribution in [0.1, 0.15) is 22.5 Å². The normalized spacial score (nSPS) is 11.3. The Bertz CT molecular complexity index is 1310. The summed E-state index contributed by atoms with van der Waals surface area (Å²) in [7, 11) is 3.03. The van der Waals surface area contributed by atoms with Gasteiger partial charge in [0.15, 0.2) is 28.8 Å². The smallest absolute Gasteiger partial charge is 0.161 e. The van der Waals surface area contributed by atoms with E-state index in [-0.39, 0.29) is 11.5 Å². The van der Waals surface area contributed by atoms with Crippen LogP contribution in [0.2, 0.25) is 0 Å². The lowest BCUT2D eigenvalue weighted by atomic mass is 10.1. The monoisotopic (exact) mass is 441 g/mol. The van der Waals surface area contributed by atoms with Gasteiger partial charge in [-0.2, -0.15) is 5.10 Å². The molecule has 4 rings (SSSR count). The van der Waals surface area contributed by atoms with Crippen molar-refractivity contribution in [2.24, 2.45) is 0 Å². The number of hydrogen-bond acceptors (Lipinski definition) is 6. The van der Waals surface area contributed by atoms with E-state index in [0.29, 0.717) is 17.3 Å². The Morgan fingerprint density at radius 1 is 0.758 bits per heavy atom. The van der Waals surface area contributed by atoms with Crippen molar-refractivity contribution in [1.82, 2.24) is 14.8 Å². The number of methoxy groups -OCH3 is 2. The zero-order valence-corrected chi connectivity index (χ0v) is 18.2. The Morgan fingerprint density at radius 3 is 1.97 bits per heavy atom. The maximum atomic E-state index is 9.82. The number of aromatic hydroxyl groups is 2. The van der Waals surface area contributed by atoms with Gasteiger partial charge in [0, 0.05) is 6.20 Å². The van der Waals surface area contributed by atoms with E-state index in [2.05, 4.69) is 10.1 Å². The maximum Gasteiger partial charge on any atom is 0.161 e. The molecule has 0 fully saturated rings. The highest BCUT2D eigenvalue weighted by Gasteiger charge is 2.08. The second kappa shape index (κ2) is 9.74. The van der Waals surface area contributed by atoms with Gasteiger partial charge in [0.2, 0.25) is 0 Å². The van der Waals surface area contributed by atoms with Crippen LogP contribution in [-0.4, -0.2) is 39.2 Å². The Hall–Kier alpha value is -4.52. The minimum absolute atomic E-state index is 0.0893. The molecule has 0 saturated heterocycles. The molecule has 2 heterocycles. The first-order chi connectivity index (χ1) is 16.1. The average Bonchev–Trinajstić information content (AvgIpc) is 3.26. The standard InChI is InChI=1S/C26H23N3O4/c1-32-24-15-18(8-12-22(24)30)6-10-20-17-21(29(28-20)26-5-3-4-14-27-26)11-7-19-9-13-23(31)25(16-19)33-2/h3-17,30-31H,1-2H3/b10-6+,11-7+. The molecule has 166 valence electrons. The van der Waals surface area contributed by atoms with E-state index >= 15 is 0 Å². The van der Waals surface area contributed by atoms with Crippen molar-refractivity contribution in [2.75, 3.05) is 14.2 Å². The van der Waals surface area contributed by atoms with Crippen LogP contribution in [0.4, 0.5) is 0 Å². The van der Waals surface area contributed by atoms with E-state index in [0.717, 1.165) is 22.5 Å². The van der Waals surface area contributed by atoms with E-state index in [1.807, 2.05) is 48.6 Å². The molecule has 0 unspecified atom stereocenters. The summed E-state index contributed by atoms with van der Waals surface area (Å²) < 4.78 is 12.1. The van der Waals surface area contributed by atoms with Gasteiger partial charge in [0.1, 0.15) is 0 Å². The second-order valence-corrected chi connectivity index (χ2v) is 7.12. The molecule has 0 atom stereocenters. The van der Waals surface area contributed by atoms with Crippen molar-refractivity contribution in [2.45, 2.75) is 0 Å². The molecule has 4 aromatic rings. The lowest BCUT2D eigenvalue weighted by Gasteiger charge is -2.04. The van der Waals surface area contributed by atoms with Gasteiger partial charge in [0.05, 0.1) is 25.6 Å². The number of phenolic OH excluding ortho intramolecular Hbond substituents is 2. The fourth-order valence-corrected chi connectivity index (χ4v) is 3.24. The molecule has 7 nitrogen and oxygen atoms in total. The van der Waals surface area contributed by atoms with Gasteiger partial charge in [-0.15, -0.1) is 0 Å². The maximum absolute atomic E-state index is 9.82. The molecule has 0 aliphatic rings. The number of ether oxygens (including phenoxy) is 2. The molecule has 0 saturated carbocycles. The molecule has 0 amide bonds. The van der Waals surface area contributed by atoms with Crippen LogP contribution in [-0.2, 0) is 0 Å². The van der Waals surface area contributed by atoms with Crippen LogP contribution in [0.25, 0.3) is 30.1 Å². The number of aromatic nitrogens is 3. The number of benzene rings is 2. The number of nitrogens with zero attached hydrogens (tertiary/aromatic N) is 3. The summed E-state index contributed by atoms with van der Waals surface area (Å²) >= 11 is 0. The fourth-order valence-electron chi connectivity index (χ4n) is 3.24. The Morgan fingerprint density at radius 2 is 1.39 bits per heavy atom. The molecule has 0 bridgehead atoms. The number of pyridine rings is 1. The highest BCUT2D eigenvalue weighted by atomic mass is 16.5. The van der Waals surface area contributed by atoms with Gasteiger partial charge in [-0.05, 0) is 65.7 Å². The van der Waals surface area contributed by atoms with Crippen LogP contribution >= 0.6 is 0 Å². The molecule has 2 aromatic carbocycles. The summed E-state index contributed by atoms with van der Waals surface area (Å²) in [4.78, 5) is 4.41. The molecular formula is C26H23N3O4. The van der Waals surface area contributed by atoms with Gasteiger partial charge in [-0.3, -0.25) is 0 Å². The van der Waals surface area contributed by atoms with Gasteiger partial charge < -0.3 is 19.7 Å². The summed E-state index contributed by atoms with van der Waals surface area (Å²) in [5.74, 6) is 1.68. The summed E-state index contributed by atoms with van der Waals surface area (Å²) in [5.41, 5.74) is 3.29. The molecule has 0 spiro atoms. The number of hydrogen-bond donors (Lipinski definition) is 2. The van der Waals surface area contributed by atoms with Crippen LogP contribution in [0.15, 0.2) is 66.9 Å². The van der Waals surface area contributed by atoms with Gasteiger partial charge in [-0.25, -0.2) is 9.67 Å². The van der Waals surface area contributed by atoms with Gasteiger partial charge in [-0.1, -0.05) is 30.4 Å².